The Bertz CT molecular complexity index is 675. The molecule has 0 aliphatic heterocycles. The Balaban J connectivity index is 1.47. The molecule has 0 atom stereocenters. The first-order chi connectivity index (χ1) is 11.2. The second kappa shape index (κ2) is 5.11. The topological polar surface area (TPSA) is 0 Å². The van der Waals surface area contributed by atoms with Crippen LogP contribution < -0.4 is 0 Å². The number of rotatable bonds is 2. The molecule has 6 rings (SSSR count). The monoisotopic (exact) mass is 322 g/mol. The van der Waals surface area contributed by atoms with Gasteiger partial charge in [0.2, 0.25) is 0 Å². The third kappa shape index (κ3) is 2.34. The molecule has 2 aromatic rings. The van der Waals surface area contributed by atoms with Crippen molar-refractivity contribution in [1.82, 2.24) is 0 Å². The van der Waals surface area contributed by atoms with Crippen molar-refractivity contribution in [1.29, 1.82) is 0 Å². The molecular weight excluding hydrogens is 300 g/mol. The molecule has 4 aliphatic carbocycles. The Morgan fingerprint density at radius 2 is 1.09 bits per heavy atom. The second-order valence-electron chi connectivity index (χ2n) is 8.28. The highest BCUT2D eigenvalue weighted by Gasteiger charge is 2.51. The molecule has 0 nitrogen and oxygen atoms in total. The standard InChI is InChI=1S/C22H23Cl/c23-21-7-3-19(4-8-21)18-1-5-20(6-2-18)22-12-15-9-16(13-22)11-17(10-15)14-22/h1-8,15-17H,9-14H2. The molecule has 4 bridgehead atoms. The molecule has 0 radical (unpaired) electrons. The number of halogens is 1. The minimum Gasteiger partial charge on any atom is -0.0843 e. The van der Waals surface area contributed by atoms with Gasteiger partial charge < -0.3 is 0 Å². The summed E-state index contributed by atoms with van der Waals surface area (Å²) in [6, 6.07) is 17.6. The fourth-order valence-electron chi connectivity index (χ4n) is 6.12. The number of hydrogen-bond acceptors (Lipinski definition) is 0. The zero-order valence-electron chi connectivity index (χ0n) is 13.5. The minimum atomic E-state index is 0.507. The van der Waals surface area contributed by atoms with E-state index in [1.54, 1.807) is 5.56 Å². The van der Waals surface area contributed by atoms with Gasteiger partial charge in [-0.1, -0.05) is 48.0 Å². The van der Waals surface area contributed by atoms with Gasteiger partial charge in [-0.3, -0.25) is 0 Å². The second-order valence-corrected chi connectivity index (χ2v) is 8.72. The zero-order valence-corrected chi connectivity index (χ0v) is 14.2. The van der Waals surface area contributed by atoms with Crippen molar-refractivity contribution in [2.75, 3.05) is 0 Å². The van der Waals surface area contributed by atoms with Crippen LogP contribution in [0, 0.1) is 17.8 Å². The first-order valence-electron chi connectivity index (χ1n) is 9.07. The van der Waals surface area contributed by atoms with Crippen molar-refractivity contribution in [2.45, 2.75) is 43.9 Å². The van der Waals surface area contributed by atoms with Crippen molar-refractivity contribution in [2.24, 2.45) is 17.8 Å². The summed E-state index contributed by atoms with van der Waals surface area (Å²) in [6.45, 7) is 0. The molecule has 4 saturated carbocycles. The lowest BCUT2D eigenvalue weighted by molar-refractivity contribution is -0.00518. The Labute approximate surface area is 143 Å². The molecule has 0 spiro atoms. The van der Waals surface area contributed by atoms with Gasteiger partial charge in [0.05, 0.1) is 0 Å². The summed E-state index contributed by atoms with van der Waals surface area (Å²) in [5.74, 6) is 3.03. The van der Waals surface area contributed by atoms with Gasteiger partial charge in [-0.2, -0.15) is 0 Å². The molecule has 4 aliphatic rings. The first kappa shape index (κ1) is 14.1. The minimum absolute atomic E-state index is 0.507. The fourth-order valence-corrected chi connectivity index (χ4v) is 6.25. The summed E-state index contributed by atoms with van der Waals surface area (Å²) in [7, 11) is 0. The van der Waals surface area contributed by atoms with Crippen molar-refractivity contribution in [3.63, 3.8) is 0 Å². The van der Waals surface area contributed by atoms with E-state index >= 15 is 0 Å². The van der Waals surface area contributed by atoms with E-state index in [1.165, 1.54) is 49.7 Å². The SMILES string of the molecule is Clc1ccc(-c2ccc(C34CC5CC(CC(C5)C3)C4)cc2)cc1. The molecule has 0 aromatic heterocycles. The maximum absolute atomic E-state index is 6.00. The van der Waals surface area contributed by atoms with Gasteiger partial charge in [0.15, 0.2) is 0 Å². The van der Waals surface area contributed by atoms with Gasteiger partial charge in [-0.25, -0.2) is 0 Å². The van der Waals surface area contributed by atoms with E-state index in [0.29, 0.717) is 5.41 Å². The first-order valence-corrected chi connectivity index (χ1v) is 9.44. The molecule has 0 heterocycles. The molecule has 118 valence electrons. The third-order valence-electron chi connectivity index (χ3n) is 6.71. The predicted molar refractivity (Wildman–Crippen MR) is 96.7 cm³/mol. The largest absolute Gasteiger partial charge is 0.0843 e. The van der Waals surface area contributed by atoms with Crippen molar-refractivity contribution in [3.05, 3.63) is 59.1 Å². The van der Waals surface area contributed by atoms with Gasteiger partial charge in [-0.05, 0) is 90.5 Å². The van der Waals surface area contributed by atoms with Crippen LogP contribution in [0.2, 0.25) is 5.02 Å². The highest BCUT2D eigenvalue weighted by atomic mass is 35.5. The third-order valence-corrected chi connectivity index (χ3v) is 6.97. The van der Waals surface area contributed by atoms with Gasteiger partial charge >= 0.3 is 0 Å². The van der Waals surface area contributed by atoms with Crippen molar-refractivity contribution < 1.29 is 0 Å². The molecule has 0 N–H and O–H groups in total. The average molecular weight is 323 g/mol. The van der Waals surface area contributed by atoms with E-state index in [0.717, 1.165) is 22.8 Å². The lowest BCUT2D eigenvalue weighted by atomic mass is 9.48. The van der Waals surface area contributed by atoms with E-state index < -0.39 is 0 Å². The van der Waals surface area contributed by atoms with Crippen molar-refractivity contribution >= 4 is 11.6 Å². The van der Waals surface area contributed by atoms with Crippen LogP contribution in [0.3, 0.4) is 0 Å². The van der Waals surface area contributed by atoms with Gasteiger partial charge in [0.1, 0.15) is 0 Å². The molecule has 2 aromatic carbocycles. The summed E-state index contributed by atoms with van der Waals surface area (Å²) >= 11 is 6.00. The van der Waals surface area contributed by atoms with E-state index in [4.69, 9.17) is 11.6 Å². The molecule has 0 saturated heterocycles. The molecule has 0 amide bonds. The lowest BCUT2D eigenvalue weighted by Gasteiger charge is -2.57. The Kier molecular flexibility index (Phi) is 3.14. The van der Waals surface area contributed by atoms with Gasteiger partial charge in [0, 0.05) is 5.02 Å². The van der Waals surface area contributed by atoms with Crippen LogP contribution in [-0.4, -0.2) is 0 Å². The quantitative estimate of drug-likeness (QED) is 0.594. The summed E-state index contributed by atoms with van der Waals surface area (Å²) in [5.41, 5.74) is 4.67. The summed E-state index contributed by atoms with van der Waals surface area (Å²) in [4.78, 5) is 0. The Morgan fingerprint density at radius 1 is 0.652 bits per heavy atom. The van der Waals surface area contributed by atoms with Crippen LogP contribution in [0.4, 0.5) is 0 Å². The molecule has 0 unspecified atom stereocenters. The van der Waals surface area contributed by atoms with Gasteiger partial charge in [0.25, 0.3) is 0 Å². The predicted octanol–water partition coefficient (Wildman–Crippen LogP) is 6.47. The summed E-state index contributed by atoms with van der Waals surface area (Å²) in [5, 5.41) is 0.805. The normalized spacial score (nSPS) is 34.7. The van der Waals surface area contributed by atoms with E-state index in [1.807, 2.05) is 12.1 Å². The summed E-state index contributed by atoms with van der Waals surface area (Å²) < 4.78 is 0. The smallest absolute Gasteiger partial charge is 0.0406 e. The number of benzene rings is 2. The molecule has 4 fully saturated rings. The Morgan fingerprint density at radius 3 is 1.57 bits per heavy atom. The van der Waals surface area contributed by atoms with E-state index in [-0.39, 0.29) is 0 Å². The van der Waals surface area contributed by atoms with Crippen LogP contribution in [0.25, 0.3) is 11.1 Å². The molecule has 23 heavy (non-hydrogen) atoms. The number of hydrogen-bond donors (Lipinski definition) is 0. The van der Waals surface area contributed by atoms with Crippen LogP contribution >= 0.6 is 11.6 Å². The molecular formula is C22H23Cl. The van der Waals surface area contributed by atoms with Crippen LogP contribution in [-0.2, 0) is 5.41 Å². The fraction of sp³-hybridized carbons (Fsp3) is 0.455. The maximum atomic E-state index is 6.00. The zero-order chi connectivity index (χ0) is 15.4. The van der Waals surface area contributed by atoms with Crippen LogP contribution in [0.15, 0.2) is 48.5 Å². The van der Waals surface area contributed by atoms with Crippen LogP contribution in [0.1, 0.15) is 44.1 Å². The summed E-state index contributed by atoms with van der Waals surface area (Å²) in [6.07, 6.45) is 8.88. The van der Waals surface area contributed by atoms with E-state index in [9.17, 15) is 0 Å². The average Bonchev–Trinajstić information content (AvgIpc) is 2.54. The van der Waals surface area contributed by atoms with E-state index in [2.05, 4.69) is 36.4 Å². The van der Waals surface area contributed by atoms with Gasteiger partial charge in [-0.15, -0.1) is 0 Å². The highest BCUT2D eigenvalue weighted by molar-refractivity contribution is 6.30. The Hall–Kier alpha value is -1.27. The van der Waals surface area contributed by atoms with Crippen molar-refractivity contribution in [3.8, 4) is 11.1 Å². The lowest BCUT2D eigenvalue weighted by Crippen LogP contribution is -2.48. The maximum Gasteiger partial charge on any atom is 0.0406 e. The highest BCUT2D eigenvalue weighted by Crippen LogP contribution is 2.60. The molecule has 1 heteroatoms. The van der Waals surface area contributed by atoms with Crippen LogP contribution in [0.5, 0.6) is 0 Å².